The number of hydrogen-bond acceptors (Lipinski definition) is 4. The molecule has 0 radical (unpaired) electrons. The van der Waals surface area contributed by atoms with Crippen LogP contribution in [0, 0.1) is 6.92 Å². The zero-order valence-corrected chi connectivity index (χ0v) is 14.8. The van der Waals surface area contributed by atoms with Crippen LogP contribution in [-0.4, -0.2) is 20.6 Å². The number of benzene rings is 2. The first-order valence-corrected chi connectivity index (χ1v) is 9.51. The molecule has 6 heteroatoms. The van der Waals surface area contributed by atoms with Crippen LogP contribution < -0.4 is 9.46 Å². The van der Waals surface area contributed by atoms with Crippen LogP contribution in [0.3, 0.4) is 0 Å². The first-order chi connectivity index (χ1) is 11.3. The molecule has 0 bridgehead atoms. The van der Waals surface area contributed by atoms with Gasteiger partial charge in [0.2, 0.25) is 10.0 Å². The predicted octanol–water partition coefficient (Wildman–Crippen LogP) is 2.83. The van der Waals surface area contributed by atoms with E-state index < -0.39 is 15.9 Å². The zero-order valence-electron chi connectivity index (χ0n) is 14.0. The number of amides is 1. The Hall–Kier alpha value is -2.34. The molecule has 24 heavy (non-hydrogen) atoms. The quantitative estimate of drug-likeness (QED) is 0.872. The molecule has 5 nitrogen and oxygen atoms in total. The summed E-state index contributed by atoms with van der Waals surface area (Å²) in [7, 11) is -3.57. The fraction of sp³-hybridized carbons (Fsp3) is 0.278. The Morgan fingerprint density at radius 3 is 2.25 bits per heavy atom. The maximum atomic E-state index is 11.9. The van der Waals surface area contributed by atoms with Crippen LogP contribution in [0.25, 0.3) is 0 Å². The average molecular weight is 347 g/mol. The molecule has 0 unspecified atom stereocenters. The van der Waals surface area contributed by atoms with E-state index in [9.17, 15) is 13.2 Å². The van der Waals surface area contributed by atoms with E-state index in [1.165, 1.54) is 5.56 Å². The number of nitrogens with one attached hydrogen (secondary N) is 1. The maximum absolute atomic E-state index is 11.9. The lowest BCUT2D eigenvalue weighted by molar-refractivity contribution is 0.0981. The van der Waals surface area contributed by atoms with E-state index in [-0.39, 0.29) is 0 Å². The van der Waals surface area contributed by atoms with Crippen molar-refractivity contribution >= 4 is 15.9 Å². The molecule has 2 aromatic rings. The van der Waals surface area contributed by atoms with Gasteiger partial charge in [-0.1, -0.05) is 31.2 Å². The number of aryl methyl sites for hydroxylation is 2. The second kappa shape index (κ2) is 7.49. The van der Waals surface area contributed by atoms with Crippen LogP contribution in [0.2, 0.25) is 0 Å². The van der Waals surface area contributed by atoms with Gasteiger partial charge in [-0.2, -0.15) is 0 Å². The third-order valence-electron chi connectivity index (χ3n) is 3.55. The summed E-state index contributed by atoms with van der Waals surface area (Å²) >= 11 is 0. The SMILES string of the molecule is CCc1ccc(OCc2ccc(C(=O)NS(C)(=O)=O)c(C)c2)cc1. The van der Waals surface area contributed by atoms with Gasteiger partial charge in [-0.05, 0) is 48.2 Å². The van der Waals surface area contributed by atoms with E-state index in [1.54, 1.807) is 19.1 Å². The normalized spacial score (nSPS) is 11.1. The minimum absolute atomic E-state index is 0.330. The van der Waals surface area contributed by atoms with Gasteiger partial charge < -0.3 is 4.74 Å². The predicted molar refractivity (Wildman–Crippen MR) is 93.6 cm³/mol. The Balaban J connectivity index is 2.04. The monoisotopic (exact) mass is 347 g/mol. The van der Waals surface area contributed by atoms with Crippen molar-refractivity contribution in [2.24, 2.45) is 0 Å². The van der Waals surface area contributed by atoms with Gasteiger partial charge in [0.25, 0.3) is 5.91 Å². The van der Waals surface area contributed by atoms with Crippen molar-refractivity contribution in [2.75, 3.05) is 6.26 Å². The van der Waals surface area contributed by atoms with Crippen LogP contribution >= 0.6 is 0 Å². The maximum Gasteiger partial charge on any atom is 0.264 e. The lowest BCUT2D eigenvalue weighted by Gasteiger charge is -2.10. The van der Waals surface area contributed by atoms with Gasteiger partial charge in [-0.15, -0.1) is 0 Å². The molecule has 128 valence electrons. The highest BCUT2D eigenvalue weighted by molar-refractivity contribution is 7.89. The van der Waals surface area contributed by atoms with Gasteiger partial charge in [0.1, 0.15) is 12.4 Å². The van der Waals surface area contributed by atoms with Crippen LogP contribution in [0.1, 0.15) is 34.0 Å². The van der Waals surface area contributed by atoms with E-state index in [0.717, 1.165) is 24.0 Å². The molecule has 0 aliphatic heterocycles. The fourth-order valence-corrected chi connectivity index (χ4v) is 2.73. The number of carbonyl (C=O) groups is 1. The smallest absolute Gasteiger partial charge is 0.264 e. The van der Waals surface area contributed by atoms with Gasteiger partial charge in [-0.25, -0.2) is 13.1 Å². The molecule has 1 N–H and O–H groups in total. The Morgan fingerprint density at radius 1 is 1.08 bits per heavy atom. The van der Waals surface area contributed by atoms with Crippen LogP contribution in [0.4, 0.5) is 0 Å². The van der Waals surface area contributed by atoms with E-state index >= 15 is 0 Å². The zero-order chi connectivity index (χ0) is 17.7. The van der Waals surface area contributed by atoms with E-state index in [4.69, 9.17) is 4.74 Å². The molecular weight excluding hydrogens is 326 g/mol. The average Bonchev–Trinajstić information content (AvgIpc) is 2.51. The number of rotatable bonds is 6. The van der Waals surface area contributed by atoms with Gasteiger partial charge in [-0.3, -0.25) is 4.79 Å². The van der Waals surface area contributed by atoms with Gasteiger partial charge >= 0.3 is 0 Å². The first kappa shape index (κ1) is 18.0. The minimum atomic E-state index is -3.57. The largest absolute Gasteiger partial charge is 0.489 e. The highest BCUT2D eigenvalue weighted by Crippen LogP contribution is 2.16. The molecule has 0 atom stereocenters. The minimum Gasteiger partial charge on any atom is -0.489 e. The van der Waals surface area contributed by atoms with Crippen molar-refractivity contribution < 1.29 is 17.9 Å². The Morgan fingerprint density at radius 2 is 1.71 bits per heavy atom. The van der Waals surface area contributed by atoms with Crippen molar-refractivity contribution in [3.63, 3.8) is 0 Å². The second-order valence-electron chi connectivity index (χ2n) is 5.64. The molecular formula is C18H21NO4S. The Bertz CT molecular complexity index is 827. The summed E-state index contributed by atoms with van der Waals surface area (Å²) in [6, 6.07) is 13.1. The van der Waals surface area contributed by atoms with Crippen molar-refractivity contribution in [3.05, 3.63) is 64.7 Å². The standard InChI is InChI=1S/C18H21NO4S/c1-4-14-5-8-16(9-6-14)23-12-15-7-10-17(13(2)11-15)18(20)19-24(3,21)22/h5-11H,4,12H2,1-3H3,(H,19,20). The summed E-state index contributed by atoms with van der Waals surface area (Å²) in [5.74, 6) is 0.154. The van der Waals surface area contributed by atoms with Crippen molar-refractivity contribution in [2.45, 2.75) is 26.9 Å². The van der Waals surface area contributed by atoms with Crippen LogP contribution in [0.5, 0.6) is 5.75 Å². The highest BCUT2D eigenvalue weighted by atomic mass is 32.2. The third-order valence-corrected chi connectivity index (χ3v) is 4.11. The van der Waals surface area contributed by atoms with Crippen molar-refractivity contribution in [3.8, 4) is 5.75 Å². The number of carbonyl (C=O) groups excluding carboxylic acids is 1. The van der Waals surface area contributed by atoms with Crippen LogP contribution in [-0.2, 0) is 23.1 Å². The lowest BCUT2D eigenvalue weighted by Crippen LogP contribution is -2.29. The fourth-order valence-electron chi connectivity index (χ4n) is 2.28. The summed E-state index contributed by atoms with van der Waals surface area (Å²) in [5.41, 5.74) is 3.18. The Kier molecular flexibility index (Phi) is 5.62. The van der Waals surface area contributed by atoms with E-state index in [1.807, 2.05) is 35.1 Å². The number of hydrogen-bond donors (Lipinski definition) is 1. The molecule has 0 aromatic heterocycles. The second-order valence-corrected chi connectivity index (χ2v) is 7.39. The van der Waals surface area contributed by atoms with Crippen molar-refractivity contribution in [1.29, 1.82) is 0 Å². The van der Waals surface area contributed by atoms with Gasteiger partial charge in [0, 0.05) is 5.56 Å². The summed E-state index contributed by atoms with van der Waals surface area (Å²) in [6.07, 6.45) is 1.93. The summed E-state index contributed by atoms with van der Waals surface area (Å²) in [4.78, 5) is 11.9. The topological polar surface area (TPSA) is 72.5 Å². The molecule has 0 spiro atoms. The molecule has 0 saturated heterocycles. The van der Waals surface area contributed by atoms with E-state index in [0.29, 0.717) is 17.7 Å². The molecule has 2 rings (SSSR count). The van der Waals surface area contributed by atoms with Crippen LogP contribution in [0.15, 0.2) is 42.5 Å². The molecule has 0 saturated carbocycles. The molecule has 1 amide bonds. The van der Waals surface area contributed by atoms with Gasteiger partial charge in [0.15, 0.2) is 0 Å². The number of sulfonamides is 1. The highest BCUT2D eigenvalue weighted by Gasteiger charge is 2.13. The summed E-state index contributed by atoms with van der Waals surface area (Å²) in [5, 5.41) is 0. The molecule has 0 aliphatic carbocycles. The van der Waals surface area contributed by atoms with Gasteiger partial charge in [0.05, 0.1) is 6.26 Å². The Labute approximate surface area is 142 Å². The summed E-state index contributed by atoms with van der Waals surface area (Å²) in [6.45, 7) is 4.23. The lowest BCUT2D eigenvalue weighted by atomic mass is 10.1. The molecule has 0 aliphatic rings. The van der Waals surface area contributed by atoms with E-state index in [2.05, 4.69) is 6.92 Å². The third kappa shape index (κ3) is 5.09. The number of ether oxygens (including phenoxy) is 1. The first-order valence-electron chi connectivity index (χ1n) is 7.62. The molecule has 0 heterocycles. The van der Waals surface area contributed by atoms with Crippen molar-refractivity contribution in [1.82, 2.24) is 4.72 Å². The summed E-state index contributed by atoms with van der Waals surface area (Å²) < 4.78 is 30.0. The molecule has 2 aromatic carbocycles. The molecule has 0 fully saturated rings.